The number of carboxylic acid groups (broad SMARTS) is 2. The number of carboxylic acids is 2. The molecule has 0 bridgehead atoms. The number of hydrogen-bond acceptors (Lipinski definition) is 3. The van der Waals surface area contributed by atoms with Crippen LogP contribution in [-0.4, -0.2) is 28.8 Å². The number of benzene rings is 1. The van der Waals surface area contributed by atoms with E-state index in [1.165, 1.54) is 12.1 Å². The molecule has 5 nitrogen and oxygen atoms in total. The molecule has 0 saturated carbocycles. The third kappa shape index (κ3) is 4.14. The minimum atomic E-state index is -0.990. The lowest BCUT2D eigenvalue weighted by atomic mass is 10.1. The van der Waals surface area contributed by atoms with Gasteiger partial charge in [0.05, 0.1) is 18.1 Å². The molecule has 1 aromatic rings. The summed E-state index contributed by atoms with van der Waals surface area (Å²) in [6.07, 6.45) is 0.413. The molecule has 0 fully saturated rings. The summed E-state index contributed by atoms with van der Waals surface area (Å²) in [6, 6.07) is 5.99. The minimum absolute atomic E-state index is 0.191. The zero-order chi connectivity index (χ0) is 12.8. The van der Waals surface area contributed by atoms with Gasteiger partial charge >= 0.3 is 11.9 Å². The van der Waals surface area contributed by atoms with Crippen molar-refractivity contribution < 1.29 is 24.5 Å². The van der Waals surface area contributed by atoms with Gasteiger partial charge in [0, 0.05) is 0 Å². The first kappa shape index (κ1) is 13.0. The first-order chi connectivity index (χ1) is 8.00. The second-order valence-electron chi connectivity index (χ2n) is 3.71. The normalized spacial score (nSPS) is 11.8. The van der Waals surface area contributed by atoms with Crippen LogP contribution in [0.2, 0.25) is 0 Å². The Bertz CT molecular complexity index is 396. The molecule has 0 spiro atoms. The zero-order valence-corrected chi connectivity index (χ0v) is 9.42. The van der Waals surface area contributed by atoms with Gasteiger partial charge in [0.15, 0.2) is 0 Å². The highest BCUT2D eigenvalue weighted by molar-refractivity contribution is 5.87. The van der Waals surface area contributed by atoms with Crippen molar-refractivity contribution in [2.75, 3.05) is 6.61 Å². The van der Waals surface area contributed by atoms with E-state index in [9.17, 15) is 9.59 Å². The van der Waals surface area contributed by atoms with Crippen LogP contribution in [0.5, 0.6) is 5.75 Å². The maximum atomic E-state index is 10.6. The molecule has 92 valence electrons. The molecule has 2 N–H and O–H groups in total. The quantitative estimate of drug-likeness (QED) is 0.790. The van der Waals surface area contributed by atoms with Crippen molar-refractivity contribution in [1.82, 2.24) is 0 Å². The van der Waals surface area contributed by atoms with Gasteiger partial charge in [0.1, 0.15) is 5.75 Å². The fourth-order valence-corrected chi connectivity index (χ4v) is 1.17. The van der Waals surface area contributed by atoms with Crippen molar-refractivity contribution in [2.45, 2.75) is 13.3 Å². The number of aliphatic carboxylic acids is 1. The van der Waals surface area contributed by atoms with Crippen LogP contribution in [0.1, 0.15) is 23.7 Å². The molecule has 0 saturated heterocycles. The Morgan fingerprint density at radius 2 is 1.82 bits per heavy atom. The molecular formula is C12H14O5. The maximum absolute atomic E-state index is 10.6. The topological polar surface area (TPSA) is 83.8 Å². The third-order valence-corrected chi connectivity index (χ3v) is 2.34. The Morgan fingerprint density at radius 3 is 2.29 bits per heavy atom. The van der Waals surface area contributed by atoms with Gasteiger partial charge in [-0.05, 0) is 30.7 Å². The summed E-state index contributed by atoms with van der Waals surface area (Å²) in [7, 11) is 0. The van der Waals surface area contributed by atoms with Crippen LogP contribution in [-0.2, 0) is 4.79 Å². The van der Waals surface area contributed by atoms with E-state index in [0.29, 0.717) is 18.8 Å². The van der Waals surface area contributed by atoms with Crippen LogP contribution >= 0.6 is 0 Å². The predicted octanol–water partition coefficient (Wildman–Crippen LogP) is 1.87. The van der Waals surface area contributed by atoms with Gasteiger partial charge in [-0.15, -0.1) is 0 Å². The zero-order valence-electron chi connectivity index (χ0n) is 9.42. The Labute approximate surface area is 98.6 Å². The first-order valence-corrected chi connectivity index (χ1v) is 5.19. The van der Waals surface area contributed by atoms with Crippen molar-refractivity contribution in [3.8, 4) is 5.75 Å². The lowest BCUT2D eigenvalue weighted by Crippen LogP contribution is -2.13. The van der Waals surface area contributed by atoms with E-state index in [0.717, 1.165) is 0 Å². The molecule has 0 aliphatic rings. The monoisotopic (exact) mass is 238 g/mol. The second kappa shape index (κ2) is 5.89. The Kier molecular flexibility index (Phi) is 4.51. The number of aromatic carboxylic acids is 1. The molecular weight excluding hydrogens is 224 g/mol. The van der Waals surface area contributed by atoms with Crippen LogP contribution in [0.15, 0.2) is 24.3 Å². The summed E-state index contributed by atoms with van der Waals surface area (Å²) in [5.41, 5.74) is 0.191. The molecule has 1 atom stereocenters. The number of hydrogen-bond donors (Lipinski definition) is 2. The fourth-order valence-electron chi connectivity index (χ4n) is 1.17. The molecule has 0 unspecified atom stereocenters. The molecule has 0 radical (unpaired) electrons. The second-order valence-corrected chi connectivity index (χ2v) is 3.71. The van der Waals surface area contributed by atoms with Crippen molar-refractivity contribution in [1.29, 1.82) is 0 Å². The highest BCUT2D eigenvalue weighted by atomic mass is 16.5. The van der Waals surface area contributed by atoms with E-state index in [-0.39, 0.29) is 5.56 Å². The SMILES string of the molecule is C[C@@H](CCOc1ccc(C(=O)O)cc1)C(=O)O. The summed E-state index contributed by atoms with van der Waals surface area (Å²) in [5.74, 6) is -1.76. The van der Waals surface area contributed by atoms with Crippen molar-refractivity contribution in [2.24, 2.45) is 5.92 Å². The Hall–Kier alpha value is -2.04. The maximum Gasteiger partial charge on any atom is 0.335 e. The fraction of sp³-hybridized carbons (Fsp3) is 0.333. The highest BCUT2D eigenvalue weighted by Crippen LogP contribution is 2.13. The smallest absolute Gasteiger partial charge is 0.335 e. The summed E-state index contributed by atoms with van der Waals surface area (Å²) in [4.78, 5) is 21.1. The van der Waals surface area contributed by atoms with E-state index in [1.54, 1.807) is 19.1 Å². The average Bonchev–Trinajstić information content (AvgIpc) is 2.29. The molecule has 0 amide bonds. The lowest BCUT2D eigenvalue weighted by Gasteiger charge is -2.08. The van der Waals surface area contributed by atoms with Gasteiger partial charge in [0.2, 0.25) is 0 Å². The highest BCUT2D eigenvalue weighted by Gasteiger charge is 2.10. The lowest BCUT2D eigenvalue weighted by molar-refractivity contribution is -0.141. The van der Waals surface area contributed by atoms with Crippen LogP contribution in [0.4, 0.5) is 0 Å². The third-order valence-electron chi connectivity index (χ3n) is 2.34. The summed E-state index contributed by atoms with van der Waals surface area (Å²) in [6.45, 7) is 1.90. The molecule has 0 aliphatic carbocycles. The van der Waals surface area contributed by atoms with Gasteiger partial charge in [-0.2, -0.15) is 0 Å². The minimum Gasteiger partial charge on any atom is -0.494 e. The average molecular weight is 238 g/mol. The van der Waals surface area contributed by atoms with Crippen molar-refractivity contribution >= 4 is 11.9 Å². The molecule has 17 heavy (non-hydrogen) atoms. The molecule has 0 heterocycles. The van der Waals surface area contributed by atoms with Gasteiger partial charge < -0.3 is 14.9 Å². The molecule has 1 rings (SSSR count). The summed E-state index contributed by atoms with van der Waals surface area (Å²) < 4.78 is 5.31. The molecule has 5 heteroatoms. The van der Waals surface area contributed by atoms with E-state index in [4.69, 9.17) is 14.9 Å². The Morgan fingerprint density at radius 1 is 1.24 bits per heavy atom. The van der Waals surface area contributed by atoms with Crippen molar-refractivity contribution in [3.05, 3.63) is 29.8 Å². The van der Waals surface area contributed by atoms with Crippen LogP contribution in [0.25, 0.3) is 0 Å². The number of carbonyl (C=O) groups is 2. The molecule has 0 aliphatic heterocycles. The van der Waals surface area contributed by atoms with E-state index in [2.05, 4.69) is 0 Å². The van der Waals surface area contributed by atoms with Gasteiger partial charge in [-0.1, -0.05) is 6.92 Å². The Balaban J connectivity index is 2.42. The van der Waals surface area contributed by atoms with Crippen LogP contribution < -0.4 is 4.74 Å². The summed E-state index contributed by atoms with van der Waals surface area (Å²) in [5, 5.41) is 17.3. The molecule has 1 aromatic carbocycles. The predicted molar refractivity (Wildman–Crippen MR) is 60.3 cm³/mol. The number of ether oxygens (including phenoxy) is 1. The van der Waals surface area contributed by atoms with E-state index in [1.807, 2.05) is 0 Å². The number of rotatable bonds is 6. The van der Waals surface area contributed by atoms with E-state index < -0.39 is 17.9 Å². The van der Waals surface area contributed by atoms with E-state index >= 15 is 0 Å². The van der Waals surface area contributed by atoms with Crippen LogP contribution in [0.3, 0.4) is 0 Å². The van der Waals surface area contributed by atoms with Crippen molar-refractivity contribution in [3.63, 3.8) is 0 Å². The van der Waals surface area contributed by atoms with Crippen LogP contribution in [0, 0.1) is 5.92 Å². The van der Waals surface area contributed by atoms with Gasteiger partial charge in [-0.25, -0.2) is 4.79 Å². The standard InChI is InChI=1S/C12H14O5/c1-8(11(13)14)6-7-17-10-4-2-9(3-5-10)12(15)16/h2-5,8H,6-7H2,1H3,(H,13,14)(H,15,16)/t8-/m0/s1. The van der Waals surface area contributed by atoms with Gasteiger partial charge in [-0.3, -0.25) is 4.79 Å². The first-order valence-electron chi connectivity index (χ1n) is 5.19. The molecule has 0 aromatic heterocycles. The largest absolute Gasteiger partial charge is 0.494 e. The van der Waals surface area contributed by atoms with Gasteiger partial charge in [0.25, 0.3) is 0 Å². The summed E-state index contributed by atoms with van der Waals surface area (Å²) >= 11 is 0.